The monoisotopic (exact) mass is 278 g/mol. The minimum Gasteiger partial charge on any atom is -0.348 e. The number of piperidine rings is 1. The molecule has 0 aliphatic carbocycles. The maximum Gasteiger partial charge on any atom is 0.237 e. The molecule has 1 fully saturated rings. The molecule has 104 valence electrons. The first-order valence-corrected chi connectivity index (χ1v) is 8.11. The summed E-state index contributed by atoms with van der Waals surface area (Å²) in [6.07, 6.45) is 5.33. The number of thioether (sulfide) groups is 1. The van der Waals surface area contributed by atoms with Crippen molar-refractivity contribution in [2.24, 2.45) is 0 Å². The summed E-state index contributed by atoms with van der Waals surface area (Å²) in [4.78, 5) is 13.4. The molecule has 19 heavy (non-hydrogen) atoms. The van der Waals surface area contributed by atoms with Crippen LogP contribution < -0.4 is 10.6 Å². The molecule has 0 radical (unpaired) electrons. The van der Waals surface area contributed by atoms with Crippen molar-refractivity contribution in [1.29, 1.82) is 0 Å². The molecule has 0 saturated carbocycles. The van der Waals surface area contributed by atoms with Gasteiger partial charge in [0.15, 0.2) is 0 Å². The van der Waals surface area contributed by atoms with Gasteiger partial charge in [-0.05, 0) is 50.3 Å². The first-order chi connectivity index (χ1) is 9.20. The van der Waals surface area contributed by atoms with Crippen LogP contribution in [0.4, 0.5) is 0 Å². The van der Waals surface area contributed by atoms with Gasteiger partial charge in [-0.1, -0.05) is 18.6 Å². The van der Waals surface area contributed by atoms with Crippen molar-refractivity contribution in [3.8, 4) is 0 Å². The highest BCUT2D eigenvalue weighted by Gasteiger charge is 2.21. The lowest BCUT2D eigenvalue weighted by atomic mass is 10.0. The van der Waals surface area contributed by atoms with Crippen LogP contribution in [0.15, 0.2) is 29.2 Å². The second kappa shape index (κ2) is 6.96. The van der Waals surface area contributed by atoms with E-state index in [1.807, 2.05) is 6.92 Å². The molecule has 1 heterocycles. The first kappa shape index (κ1) is 14.4. The quantitative estimate of drug-likeness (QED) is 0.832. The molecule has 1 aromatic rings. The lowest BCUT2D eigenvalue weighted by molar-refractivity contribution is -0.124. The standard InChI is InChI=1S/C15H22N2OS/c1-11(12-6-8-13(19-2)9-7-12)17-15(18)14-5-3-4-10-16-14/h6-9,11,14,16H,3-5,10H2,1-2H3,(H,17,18). The van der Waals surface area contributed by atoms with Crippen LogP contribution >= 0.6 is 11.8 Å². The summed E-state index contributed by atoms with van der Waals surface area (Å²) in [6, 6.07) is 8.42. The van der Waals surface area contributed by atoms with E-state index in [4.69, 9.17) is 0 Å². The summed E-state index contributed by atoms with van der Waals surface area (Å²) in [7, 11) is 0. The minimum absolute atomic E-state index is 0.0123. The molecular weight excluding hydrogens is 256 g/mol. The predicted molar refractivity (Wildman–Crippen MR) is 80.4 cm³/mol. The number of amides is 1. The van der Waals surface area contributed by atoms with E-state index in [2.05, 4.69) is 41.2 Å². The smallest absolute Gasteiger partial charge is 0.237 e. The van der Waals surface area contributed by atoms with E-state index >= 15 is 0 Å². The Labute approximate surface area is 119 Å². The Bertz CT molecular complexity index is 413. The average molecular weight is 278 g/mol. The number of hydrogen-bond donors (Lipinski definition) is 2. The zero-order valence-corrected chi connectivity index (χ0v) is 12.4. The van der Waals surface area contributed by atoms with Crippen molar-refractivity contribution in [2.45, 2.75) is 43.2 Å². The highest BCUT2D eigenvalue weighted by Crippen LogP contribution is 2.19. The lowest BCUT2D eigenvalue weighted by Gasteiger charge is -2.24. The van der Waals surface area contributed by atoms with Crippen molar-refractivity contribution < 1.29 is 4.79 Å². The van der Waals surface area contributed by atoms with Crippen molar-refractivity contribution in [1.82, 2.24) is 10.6 Å². The summed E-state index contributed by atoms with van der Waals surface area (Å²) in [5.41, 5.74) is 1.15. The van der Waals surface area contributed by atoms with E-state index in [-0.39, 0.29) is 18.0 Å². The van der Waals surface area contributed by atoms with Crippen LogP contribution in [0.1, 0.15) is 37.8 Å². The second-order valence-corrected chi connectivity index (χ2v) is 5.89. The summed E-state index contributed by atoms with van der Waals surface area (Å²) >= 11 is 1.73. The summed E-state index contributed by atoms with van der Waals surface area (Å²) in [6.45, 7) is 2.99. The third kappa shape index (κ3) is 3.98. The zero-order chi connectivity index (χ0) is 13.7. The number of hydrogen-bond acceptors (Lipinski definition) is 3. The Balaban J connectivity index is 1.91. The van der Waals surface area contributed by atoms with Gasteiger partial charge < -0.3 is 10.6 Å². The number of carbonyl (C=O) groups excluding carboxylic acids is 1. The Morgan fingerprint density at radius 1 is 1.37 bits per heavy atom. The summed E-state index contributed by atoms with van der Waals surface area (Å²) < 4.78 is 0. The highest BCUT2D eigenvalue weighted by atomic mass is 32.2. The molecule has 0 spiro atoms. The normalized spacial score (nSPS) is 20.8. The number of nitrogens with one attached hydrogen (secondary N) is 2. The van der Waals surface area contributed by atoms with Gasteiger partial charge in [0, 0.05) is 4.90 Å². The summed E-state index contributed by atoms with van der Waals surface area (Å²) in [5, 5.41) is 6.37. The molecule has 4 heteroatoms. The van der Waals surface area contributed by atoms with Crippen molar-refractivity contribution in [3.63, 3.8) is 0 Å². The van der Waals surface area contributed by atoms with Gasteiger partial charge in [-0.3, -0.25) is 4.79 Å². The molecular formula is C15H22N2OS. The van der Waals surface area contributed by atoms with Crippen LogP contribution in [0.5, 0.6) is 0 Å². The molecule has 2 rings (SSSR count). The number of rotatable bonds is 4. The van der Waals surface area contributed by atoms with Gasteiger partial charge in [-0.25, -0.2) is 0 Å². The van der Waals surface area contributed by atoms with Crippen LogP contribution in [0.3, 0.4) is 0 Å². The molecule has 1 aromatic carbocycles. The van der Waals surface area contributed by atoms with Gasteiger partial charge in [0.2, 0.25) is 5.91 Å². The molecule has 2 N–H and O–H groups in total. The zero-order valence-electron chi connectivity index (χ0n) is 11.6. The van der Waals surface area contributed by atoms with Crippen LogP contribution in [-0.4, -0.2) is 24.7 Å². The SMILES string of the molecule is CSc1ccc(C(C)NC(=O)C2CCCCN2)cc1. The van der Waals surface area contributed by atoms with Gasteiger partial charge in [0.25, 0.3) is 0 Å². The minimum atomic E-state index is -0.0123. The third-order valence-corrected chi connectivity index (χ3v) is 4.34. The number of carbonyl (C=O) groups is 1. The van der Waals surface area contributed by atoms with Crippen molar-refractivity contribution in [2.75, 3.05) is 12.8 Å². The van der Waals surface area contributed by atoms with Gasteiger partial charge >= 0.3 is 0 Å². The van der Waals surface area contributed by atoms with E-state index in [0.717, 1.165) is 24.9 Å². The molecule has 1 aliphatic heterocycles. The number of benzene rings is 1. The van der Waals surface area contributed by atoms with Crippen molar-refractivity contribution in [3.05, 3.63) is 29.8 Å². The fourth-order valence-electron chi connectivity index (χ4n) is 2.37. The largest absolute Gasteiger partial charge is 0.348 e. The third-order valence-electron chi connectivity index (χ3n) is 3.60. The van der Waals surface area contributed by atoms with Gasteiger partial charge in [-0.15, -0.1) is 11.8 Å². The van der Waals surface area contributed by atoms with E-state index in [0.29, 0.717) is 0 Å². The molecule has 2 unspecified atom stereocenters. The van der Waals surface area contributed by atoms with Crippen LogP contribution in [0.25, 0.3) is 0 Å². The fourth-order valence-corrected chi connectivity index (χ4v) is 2.77. The fraction of sp³-hybridized carbons (Fsp3) is 0.533. The van der Waals surface area contributed by atoms with Gasteiger partial charge in [-0.2, -0.15) is 0 Å². The molecule has 2 atom stereocenters. The van der Waals surface area contributed by atoms with Crippen LogP contribution in [0, 0.1) is 0 Å². The highest BCUT2D eigenvalue weighted by molar-refractivity contribution is 7.98. The van der Waals surface area contributed by atoms with Gasteiger partial charge in [0.05, 0.1) is 12.1 Å². The molecule has 0 aromatic heterocycles. The van der Waals surface area contributed by atoms with E-state index in [1.165, 1.54) is 11.3 Å². The molecule has 1 saturated heterocycles. The van der Waals surface area contributed by atoms with E-state index < -0.39 is 0 Å². The second-order valence-electron chi connectivity index (χ2n) is 5.01. The van der Waals surface area contributed by atoms with E-state index in [1.54, 1.807) is 11.8 Å². The average Bonchev–Trinajstić information content (AvgIpc) is 2.48. The van der Waals surface area contributed by atoms with Crippen LogP contribution in [-0.2, 0) is 4.79 Å². The Kier molecular flexibility index (Phi) is 5.28. The predicted octanol–water partition coefficient (Wildman–Crippen LogP) is 2.73. The lowest BCUT2D eigenvalue weighted by Crippen LogP contribution is -2.47. The molecule has 0 bridgehead atoms. The van der Waals surface area contributed by atoms with Crippen LogP contribution in [0.2, 0.25) is 0 Å². The van der Waals surface area contributed by atoms with Gasteiger partial charge in [0.1, 0.15) is 0 Å². The Morgan fingerprint density at radius 2 is 2.11 bits per heavy atom. The Morgan fingerprint density at radius 3 is 2.68 bits per heavy atom. The topological polar surface area (TPSA) is 41.1 Å². The maximum atomic E-state index is 12.1. The molecule has 1 amide bonds. The summed E-state index contributed by atoms with van der Waals surface area (Å²) in [5.74, 6) is 0.126. The van der Waals surface area contributed by atoms with Crippen molar-refractivity contribution >= 4 is 17.7 Å². The molecule has 1 aliphatic rings. The van der Waals surface area contributed by atoms with E-state index in [9.17, 15) is 4.79 Å². The first-order valence-electron chi connectivity index (χ1n) is 6.88. The maximum absolute atomic E-state index is 12.1. The Hall–Kier alpha value is -1.00. The molecule has 3 nitrogen and oxygen atoms in total.